The van der Waals surface area contributed by atoms with Crippen molar-refractivity contribution >= 4 is 0 Å². The quantitative estimate of drug-likeness (QED) is 0.609. The van der Waals surface area contributed by atoms with Gasteiger partial charge < -0.3 is 5.32 Å². The van der Waals surface area contributed by atoms with Crippen LogP contribution in [-0.2, 0) is 0 Å². The molecule has 70 valence electrons. The lowest BCUT2D eigenvalue weighted by atomic mass is 9.91. The summed E-state index contributed by atoms with van der Waals surface area (Å²) in [6, 6.07) is 0. The minimum Gasteiger partial charge on any atom is -0.308 e. The monoisotopic (exact) mass is 179 g/mol. The summed E-state index contributed by atoms with van der Waals surface area (Å²) in [5.41, 5.74) is -1.59. The third kappa shape index (κ3) is 1.63. The Balaban J connectivity index is 2.75. The molecule has 1 N–H and O–H groups in total. The van der Waals surface area contributed by atoms with Crippen molar-refractivity contribution in [3.05, 3.63) is 12.2 Å². The van der Waals surface area contributed by atoms with Crippen molar-refractivity contribution in [1.29, 1.82) is 0 Å². The topological polar surface area (TPSA) is 12.0 Å². The molecule has 1 unspecified atom stereocenters. The molecular weight excluding hydrogens is 167 g/mol. The summed E-state index contributed by atoms with van der Waals surface area (Å²) in [4.78, 5) is 0. The van der Waals surface area contributed by atoms with Gasteiger partial charge in [0.2, 0.25) is 0 Å². The molecule has 4 heteroatoms. The molecule has 1 fully saturated rings. The van der Waals surface area contributed by atoms with E-state index in [2.05, 4.69) is 11.9 Å². The summed E-state index contributed by atoms with van der Waals surface area (Å²) in [7, 11) is 0. The first-order valence-corrected chi connectivity index (χ1v) is 3.88. The van der Waals surface area contributed by atoms with E-state index in [9.17, 15) is 13.2 Å². The van der Waals surface area contributed by atoms with Gasteiger partial charge in [-0.2, -0.15) is 13.2 Å². The smallest absolute Gasteiger partial charge is 0.308 e. The Labute approximate surface area is 69.6 Å². The fourth-order valence-electron chi connectivity index (χ4n) is 1.47. The average molecular weight is 179 g/mol. The Morgan fingerprint density at radius 3 is 2.42 bits per heavy atom. The zero-order valence-corrected chi connectivity index (χ0v) is 6.96. The van der Waals surface area contributed by atoms with Crippen LogP contribution in [0.1, 0.15) is 19.8 Å². The number of nitrogens with one attached hydrogen (secondary N) is 1. The Kier molecular flexibility index (Phi) is 2.21. The molecule has 0 radical (unpaired) electrons. The summed E-state index contributed by atoms with van der Waals surface area (Å²) >= 11 is 0. The molecule has 1 saturated heterocycles. The molecule has 1 nitrogen and oxygen atoms in total. The van der Waals surface area contributed by atoms with E-state index in [0.29, 0.717) is 13.0 Å². The van der Waals surface area contributed by atoms with Crippen LogP contribution in [-0.4, -0.2) is 18.3 Å². The van der Waals surface area contributed by atoms with Crippen molar-refractivity contribution < 1.29 is 13.2 Å². The normalized spacial score (nSPS) is 30.7. The maximum atomic E-state index is 12.2. The number of hydrogen-bond donors (Lipinski definition) is 1. The van der Waals surface area contributed by atoms with Crippen molar-refractivity contribution in [1.82, 2.24) is 5.32 Å². The first-order valence-electron chi connectivity index (χ1n) is 3.88. The van der Waals surface area contributed by atoms with Crippen LogP contribution >= 0.6 is 0 Å². The molecule has 0 aliphatic carbocycles. The van der Waals surface area contributed by atoms with E-state index in [0.717, 1.165) is 6.42 Å². The van der Waals surface area contributed by atoms with E-state index < -0.39 is 17.3 Å². The van der Waals surface area contributed by atoms with Gasteiger partial charge in [-0.15, -0.1) is 0 Å². The van der Waals surface area contributed by atoms with Crippen LogP contribution in [0.3, 0.4) is 0 Å². The highest BCUT2D eigenvalue weighted by molar-refractivity contribution is 5.21. The van der Waals surface area contributed by atoms with Gasteiger partial charge in [-0.1, -0.05) is 6.58 Å². The Morgan fingerprint density at radius 2 is 2.08 bits per heavy atom. The van der Waals surface area contributed by atoms with Crippen LogP contribution in [0.15, 0.2) is 12.2 Å². The Hall–Kier alpha value is -0.510. The number of alkyl halides is 3. The van der Waals surface area contributed by atoms with Crippen molar-refractivity contribution in [2.75, 3.05) is 6.54 Å². The van der Waals surface area contributed by atoms with E-state index in [1.807, 2.05) is 0 Å². The van der Waals surface area contributed by atoms with Crippen molar-refractivity contribution in [3.63, 3.8) is 0 Å². The molecule has 0 aromatic rings. The molecule has 0 saturated carbocycles. The Morgan fingerprint density at radius 1 is 1.50 bits per heavy atom. The standard InChI is InChI=1S/C8H12F3N/c1-6(8(9,10)11)7(2)4-3-5-12-7/h12H,1,3-5H2,2H3. The van der Waals surface area contributed by atoms with Gasteiger partial charge in [0, 0.05) is 11.1 Å². The second kappa shape index (κ2) is 2.76. The lowest BCUT2D eigenvalue weighted by Gasteiger charge is -2.28. The fraction of sp³-hybridized carbons (Fsp3) is 0.750. The summed E-state index contributed by atoms with van der Waals surface area (Å²) in [6.07, 6.45) is -2.97. The number of halogens is 3. The van der Waals surface area contributed by atoms with E-state index >= 15 is 0 Å². The van der Waals surface area contributed by atoms with Crippen molar-refractivity contribution in [3.8, 4) is 0 Å². The third-order valence-corrected chi connectivity index (χ3v) is 2.38. The molecule has 12 heavy (non-hydrogen) atoms. The lowest BCUT2D eigenvalue weighted by Crippen LogP contribution is -2.42. The molecule has 1 aliphatic heterocycles. The van der Waals surface area contributed by atoms with Crippen LogP contribution in [0.5, 0.6) is 0 Å². The summed E-state index contributed by atoms with van der Waals surface area (Å²) in [5.74, 6) is 0. The summed E-state index contributed by atoms with van der Waals surface area (Å²) in [6.45, 7) is 5.29. The maximum Gasteiger partial charge on any atom is 0.413 e. The molecule has 1 aliphatic rings. The average Bonchev–Trinajstić information content (AvgIpc) is 2.34. The molecule has 0 aromatic carbocycles. The van der Waals surface area contributed by atoms with Gasteiger partial charge in [-0.05, 0) is 26.3 Å². The van der Waals surface area contributed by atoms with E-state index in [1.165, 1.54) is 0 Å². The van der Waals surface area contributed by atoms with Gasteiger partial charge in [0.25, 0.3) is 0 Å². The first-order chi connectivity index (χ1) is 5.36. The van der Waals surface area contributed by atoms with Gasteiger partial charge in [0.1, 0.15) is 0 Å². The fourth-order valence-corrected chi connectivity index (χ4v) is 1.47. The number of hydrogen-bond acceptors (Lipinski definition) is 1. The van der Waals surface area contributed by atoms with Crippen LogP contribution in [0.25, 0.3) is 0 Å². The highest BCUT2D eigenvalue weighted by atomic mass is 19.4. The molecule has 0 aromatic heterocycles. The van der Waals surface area contributed by atoms with Crippen LogP contribution in [0.2, 0.25) is 0 Å². The molecule has 0 amide bonds. The minimum atomic E-state index is -4.27. The molecular formula is C8H12F3N. The van der Waals surface area contributed by atoms with E-state index in [4.69, 9.17) is 0 Å². The van der Waals surface area contributed by atoms with E-state index in [1.54, 1.807) is 6.92 Å². The van der Waals surface area contributed by atoms with Crippen molar-refractivity contribution in [2.45, 2.75) is 31.5 Å². The zero-order valence-electron chi connectivity index (χ0n) is 6.96. The highest BCUT2D eigenvalue weighted by Crippen LogP contribution is 2.36. The van der Waals surface area contributed by atoms with Crippen LogP contribution in [0.4, 0.5) is 13.2 Å². The molecule has 0 spiro atoms. The van der Waals surface area contributed by atoms with Gasteiger partial charge >= 0.3 is 6.18 Å². The van der Waals surface area contributed by atoms with Gasteiger partial charge in [-0.25, -0.2) is 0 Å². The number of rotatable bonds is 1. The maximum absolute atomic E-state index is 12.2. The summed E-state index contributed by atoms with van der Waals surface area (Å²) < 4.78 is 36.6. The first kappa shape index (κ1) is 9.58. The predicted molar refractivity (Wildman–Crippen MR) is 40.8 cm³/mol. The molecule has 1 rings (SSSR count). The predicted octanol–water partition coefficient (Wildman–Crippen LogP) is 2.25. The van der Waals surface area contributed by atoms with Gasteiger partial charge in [0.15, 0.2) is 0 Å². The molecule has 1 heterocycles. The van der Waals surface area contributed by atoms with Gasteiger partial charge in [0.05, 0.1) is 0 Å². The second-order valence-electron chi connectivity index (χ2n) is 3.34. The van der Waals surface area contributed by atoms with Crippen LogP contribution < -0.4 is 5.32 Å². The van der Waals surface area contributed by atoms with Gasteiger partial charge in [-0.3, -0.25) is 0 Å². The summed E-state index contributed by atoms with van der Waals surface area (Å²) in [5, 5.41) is 2.82. The Bertz CT molecular complexity index is 189. The minimum absolute atomic E-state index is 0.519. The molecule has 0 bridgehead atoms. The third-order valence-electron chi connectivity index (χ3n) is 2.38. The SMILES string of the molecule is C=C(C(F)(F)F)C1(C)CCCN1. The molecule has 1 atom stereocenters. The second-order valence-corrected chi connectivity index (χ2v) is 3.34. The van der Waals surface area contributed by atoms with Crippen molar-refractivity contribution in [2.24, 2.45) is 0 Å². The van der Waals surface area contributed by atoms with E-state index in [-0.39, 0.29) is 0 Å². The zero-order chi connectivity index (χ0) is 9.41. The lowest BCUT2D eigenvalue weighted by molar-refractivity contribution is -0.100. The van der Waals surface area contributed by atoms with Crippen LogP contribution in [0, 0.1) is 0 Å². The largest absolute Gasteiger partial charge is 0.413 e. The highest BCUT2D eigenvalue weighted by Gasteiger charge is 2.45.